The van der Waals surface area contributed by atoms with Gasteiger partial charge in [-0.15, -0.1) is 0 Å². The highest BCUT2D eigenvalue weighted by atomic mass is 32.2. The van der Waals surface area contributed by atoms with E-state index in [2.05, 4.69) is 4.72 Å². The Balaban J connectivity index is 1.85. The third-order valence-electron chi connectivity index (χ3n) is 4.12. The summed E-state index contributed by atoms with van der Waals surface area (Å²) in [6.07, 6.45) is 1.56. The number of benzene rings is 1. The molecule has 2 atom stereocenters. The molecule has 7 heteroatoms. The Morgan fingerprint density at radius 3 is 2.90 bits per heavy atom. The first-order chi connectivity index (χ1) is 9.97. The van der Waals surface area contributed by atoms with Crippen LogP contribution < -0.4 is 14.4 Å². The molecule has 1 fully saturated rings. The number of aliphatic hydroxyl groups is 1. The van der Waals surface area contributed by atoms with E-state index in [1.165, 1.54) is 0 Å². The van der Waals surface area contributed by atoms with Gasteiger partial charge < -0.3 is 14.7 Å². The van der Waals surface area contributed by atoms with E-state index in [0.29, 0.717) is 25.2 Å². The highest BCUT2D eigenvalue weighted by Crippen LogP contribution is 2.33. The van der Waals surface area contributed by atoms with Crippen molar-refractivity contribution in [3.05, 3.63) is 18.2 Å². The zero-order chi connectivity index (χ0) is 15.0. The number of rotatable bonds is 3. The molecule has 0 bridgehead atoms. The number of nitrogens with one attached hydrogen (secondary N) is 1. The number of anilines is 1. The number of sulfonamides is 1. The molecule has 2 N–H and O–H groups in total. The highest BCUT2D eigenvalue weighted by Gasteiger charge is 2.30. The van der Waals surface area contributed by atoms with Gasteiger partial charge in [0.2, 0.25) is 10.0 Å². The van der Waals surface area contributed by atoms with Crippen LogP contribution in [-0.2, 0) is 10.0 Å². The standard InChI is InChI=1S/C14H20N2O4S/c1-16-7-8-20-14-9-10(5-6-12(14)16)21(18,19)15-11-3-2-4-13(11)17/h5-6,9,11,13,15,17H,2-4,7-8H2,1H3/t11-,13-/m1/s1. The molecule has 1 aliphatic heterocycles. The van der Waals surface area contributed by atoms with Crippen LogP contribution in [0.25, 0.3) is 0 Å². The second-order valence-electron chi connectivity index (χ2n) is 5.63. The zero-order valence-electron chi connectivity index (χ0n) is 11.9. The molecule has 0 amide bonds. The fourth-order valence-electron chi connectivity index (χ4n) is 2.85. The summed E-state index contributed by atoms with van der Waals surface area (Å²) in [6, 6.07) is 4.49. The summed E-state index contributed by atoms with van der Waals surface area (Å²) in [4.78, 5) is 2.21. The molecule has 0 spiro atoms. The van der Waals surface area contributed by atoms with E-state index in [0.717, 1.165) is 18.7 Å². The fourth-order valence-corrected chi connectivity index (χ4v) is 4.17. The molecule has 0 saturated heterocycles. The smallest absolute Gasteiger partial charge is 0.241 e. The Labute approximate surface area is 124 Å². The molecule has 1 aliphatic carbocycles. The summed E-state index contributed by atoms with van der Waals surface area (Å²) in [7, 11) is -1.69. The van der Waals surface area contributed by atoms with Gasteiger partial charge >= 0.3 is 0 Å². The van der Waals surface area contributed by atoms with Crippen molar-refractivity contribution in [3.8, 4) is 5.75 Å². The molecular weight excluding hydrogens is 292 g/mol. The predicted octanol–water partition coefficient (Wildman–Crippen LogP) is 0.707. The largest absolute Gasteiger partial charge is 0.490 e. The van der Waals surface area contributed by atoms with Crippen LogP contribution in [0, 0.1) is 0 Å². The molecule has 2 aliphatic rings. The highest BCUT2D eigenvalue weighted by molar-refractivity contribution is 7.89. The van der Waals surface area contributed by atoms with E-state index in [9.17, 15) is 13.5 Å². The molecule has 1 saturated carbocycles. The number of aliphatic hydroxyl groups excluding tert-OH is 1. The van der Waals surface area contributed by atoms with Crippen LogP contribution in [0.1, 0.15) is 19.3 Å². The van der Waals surface area contributed by atoms with Crippen molar-refractivity contribution in [2.75, 3.05) is 25.1 Å². The van der Waals surface area contributed by atoms with Crippen LogP contribution in [-0.4, -0.2) is 45.9 Å². The van der Waals surface area contributed by atoms with Crippen LogP contribution in [0.2, 0.25) is 0 Å². The van der Waals surface area contributed by atoms with Crippen LogP contribution in [0.5, 0.6) is 5.75 Å². The maximum absolute atomic E-state index is 12.4. The quantitative estimate of drug-likeness (QED) is 0.859. The Morgan fingerprint density at radius 2 is 2.19 bits per heavy atom. The molecule has 0 aromatic heterocycles. The minimum atomic E-state index is -3.64. The van der Waals surface area contributed by atoms with Gasteiger partial charge in [0.1, 0.15) is 12.4 Å². The average Bonchev–Trinajstić information content (AvgIpc) is 2.83. The van der Waals surface area contributed by atoms with E-state index < -0.39 is 22.2 Å². The van der Waals surface area contributed by atoms with E-state index in [1.807, 2.05) is 11.9 Å². The maximum atomic E-state index is 12.4. The van der Waals surface area contributed by atoms with E-state index in [1.54, 1.807) is 18.2 Å². The molecule has 0 unspecified atom stereocenters. The minimum absolute atomic E-state index is 0.177. The molecule has 1 aromatic rings. The summed E-state index contributed by atoms with van der Waals surface area (Å²) in [5, 5.41) is 9.77. The van der Waals surface area contributed by atoms with Gasteiger partial charge in [-0.3, -0.25) is 0 Å². The SMILES string of the molecule is CN1CCOc2cc(S(=O)(=O)N[C@@H]3CCC[C@H]3O)ccc21. The van der Waals surface area contributed by atoms with Crippen LogP contribution in [0.15, 0.2) is 23.1 Å². The van der Waals surface area contributed by atoms with Crippen molar-refractivity contribution < 1.29 is 18.3 Å². The van der Waals surface area contributed by atoms with E-state index >= 15 is 0 Å². The lowest BCUT2D eigenvalue weighted by Crippen LogP contribution is -2.39. The first-order valence-electron chi connectivity index (χ1n) is 7.16. The van der Waals surface area contributed by atoms with Gasteiger partial charge in [-0.25, -0.2) is 13.1 Å². The van der Waals surface area contributed by atoms with Gasteiger partial charge in [0, 0.05) is 19.2 Å². The van der Waals surface area contributed by atoms with Gasteiger partial charge in [-0.1, -0.05) is 0 Å². The second kappa shape index (κ2) is 5.47. The summed E-state index contributed by atoms with van der Waals surface area (Å²) >= 11 is 0. The van der Waals surface area contributed by atoms with Crippen LogP contribution in [0.4, 0.5) is 5.69 Å². The molecule has 1 aromatic carbocycles. The fraction of sp³-hybridized carbons (Fsp3) is 0.571. The lowest BCUT2D eigenvalue weighted by molar-refractivity contribution is 0.159. The van der Waals surface area contributed by atoms with Crippen LogP contribution >= 0.6 is 0 Å². The summed E-state index contributed by atoms with van der Waals surface area (Å²) in [5.41, 5.74) is 0.890. The van der Waals surface area contributed by atoms with Crippen molar-refractivity contribution in [1.82, 2.24) is 4.72 Å². The average molecular weight is 312 g/mol. The molecular formula is C14H20N2O4S. The monoisotopic (exact) mass is 312 g/mol. The third kappa shape index (κ3) is 2.86. The van der Waals surface area contributed by atoms with E-state index in [4.69, 9.17) is 4.74 Å². The second-order valence-corrected chi connectivity index (χ2v) is 7.34. The molecule has 3 rings (SSSR count). The summed E-state index contributed by atoms with van der Waals surface area (Å²) in [6.45, 7) is 1.33. The molecule has 6 nitrogen and oxygen atoms in total. The Bertz CT molecular complexity index is 632. The number of ether oxygens (including phenoxy) is 1. The first-order valence-corrected chi connectivity index (χ1v) is 8.64. The molecule has 0 radical (unpaired) electrons. The zero-order valence-corrected chi connectivity index (χ0v) is 12.8. The van der Waals surface area contributed by atoms with Gasteiger partial charge in [-0.2, -0.15) is 0 Å². The number of hydrogen-bond acceptors (Lipinski definition) is 5. The number of nitrogens with zero attached hydrogens (tertiary/aromatic N) is 1. The molecule has 21 heavy (non-hydrogen) atoms. The molecule has 116 valence electrons. The first kappa shape index (κ1) is 14.6. The van der Waals surface area contributed by atoms with Gasteiger partial charge in [0.15, 0.2) is 0 Å². The lowest BCUT2D eigenvalue weighted by Gasteiger charge is -2.28. The normalized spacial score (nSPS) is 25.5. The third-order valence-corrected chi connectivity index (χ3v) is 5.61. The van der Waals surface area contributed by atoms with Gasteiger partial charge in [0.05, 0.1) is 23.2 Å². The number of hydrogen-bond donors (Lipinski definition) is 2. The Hall–Kier alpha value is -1.31. The van der Waals surface area contributed by atoms with E-state index in [-0.39, 0.29) is 4.90 Å². The van der Waals surface area contributed by atoms with Crippen LogP contribution in [0.3, 0.4) is 0 Å². The van der Waals surface area contributed by atoms with Crippen molar-refractivity contribution in [1.29, 1.82) is 0 Å². The number of fused-ring (bicyclic) bond motifs is 1. The predicted molar refractivity (Wildman–Crippen MR) is 79.2 cm³/mol. The van der Waals surface area contributed by atoms with Gasteiger partial charge in [-0.05, 0) is 31.4 Å². The Kier molecular flexibility index (Phi) is 3.81. The number of likely N-dealkylation sites (N-methyl/N-ethyl adjacent to an activating group) is 1. The van der Waals surface area contributed by atoms with Crippen molar-refractivity contribution in [2.24, 2.45) is 0 Å². The van der Waals surface area contributed by atoms with Crippen molar-refractivity contribution in [2.45, 2.75) is 36.3 Å². The summed E-state index contributed by atoms with van der Waals surface area (Å²) < 4.78 is 32.9. The van der Waals surface area contributed by atoms with Crippen molar-refractivity contribution in [3.63, 3.8) is 0 Å². The van der Waals surface area contributed by atoms with Gasteiger partial charge in [0.25, 0.3) is 0 Å². The lowest BCUT2D eigenvalue weighted by atomic mass is 10.2. The van der Waals surface area contributed by atoms with Crippen molar-refractivity contribution >= 4 is 15.7 Å². The maximum Gasteiger partial charge on any atom is 0.241 e. The topological polar surface area (TPSA) is 78.9 Å². The summed E-state index contributed by atoms with van der Waals surface area (Å²) in [5.74, 6) is 0.582. The Morgan fingerprint density at radius 1 is 1.38 bits per heavy atom. The molecule has 1 heterocycles. The minimum Gasteiger partial charge on any atom is -0.490 e.